The Hall–Kier alpha value is -1.57. The van der Waals surface area contributed by atoms with E-state index in [1.54, 1.807) is 7.11 Å². The minimum absolute atomic E-state index is 0.0157. The number of hydrogen-bond acceptors (Lipinski definition) is 2. The molecule has 1 aromatic carbocycles. The SMILES string of the molecule is CC=CCC1C(=O)c2cc(OC)ccc2C1(CC)CC. The van der Waals surface area contributed by atoms with E-state index in [-0.39, 0.29) is 17.1 Å². The van der Waals surface area contributed by atoms with Gasteiger partial charge in [0.1, 0.15) is 5.75 Å². The van der Waals surface area contributed by atoms with E-state index in [4.69, 9.17) is 4.74 Å². The quantitative estimate of drug-likeness (QED) is 0.736. The van der Waals surface area contributed by atoms with Crippen molar-refractivity contribution in [2.75, 3.05) is 7.11 Å². The Kier molecular flexibility index (Phi) is 4.32. The number of benzene rings is 1. The van der Waals surface area contributed by atoms with Crippen LogP contribution >= 0.6 is 0 Å². The third-order valence-electron chi connectivity index (χ3n) is 4.88. The van der Waals surface area contributed by atoms with Crippen LogP contribution in [0.2, 0.25) is 0 Å². The molecule has 0 amide bonds. The molecule has 0 saturated carbocycles. The van der Waals surface area contributed by atoms with E-state index in [9.17, 15) is 4.79 Å². The molecule has 1 atom stereocenters. The highest BCUT2D eigenvalue weighted by molar-refractivity contribution is 6.04. The molecule has 1 unspecified atom stereocenters. The van der Waals surface area contributed by atoms with E-state index in [2.05, 4.69) is 26.0 Å². The number of carbonyl (C=O) groups excluding carboxylic acids is 1. The van der Waals surface area contributed by atoms with Crippen LogP contribution in [0.15, 0.2) is 30.4 Å². The Morgan fingerprint density at radius 2 is 2.00 bits per heavy atom. The molecule has 0 heterocycles. The smallest absolute Gasteiger partial charge is 0.167 e. The van der Waals surface area contributed by atoms with Gasteiger partial charge in [-0.1, -0.05) is 32.1 Å². The highest BCUT2D eigenvalue weighted by Crippen LogP contribution is 2.50. The van der Waals surface area contributed by atoms with Crippen molar-refractivity contribution >= 4 is 5.78 Å². The molecule has 0 saturated heterocycles. The molecule has 0 spiro atoms. The third kappa shape index (κ3) is 2.07. The number of ketones is 1. The summed E-state index contributed by atoms with van der Waals surface area (Å²) in [6.07, 6.45) is 6.97. The van der Waals surface area contributed by atoms with Crippen molar-refractivity contribution in [2.45, 2.75) is 45.4 Å². The molecular formula is C18H24O2. The average Bonchev–Trinajstić information content (AvgIpc) is 2.73. The lowest BCUT2D eigenvalue weighted by Crippen LogP contribution is -2.32. The highest BCUT2D eigenvalue weighted by Gasteiger charge is 2.48. The second-order valence-electron chi connectivity index (χ2n) is 5.50. The summed E-state index contributed by atoms with van der Waals surface area (Å²) in [7, 11) is 1.64. The predicted octanol–water partition coefficient (Wildman–Crippen LogP) is 4.53. The first-order valence-electron chi connectivity index (χ1n) is 7.48. The molecule has 0 N–H and O–H groups in total. The standard InChI is InChI=1S/C18H24O2/c1-5-8-9-16-17(19)14-12-13(20-4)10-11-15(14)18(16,6-2)7-3/h5,8,10-12,16H,6-7,9H2,1-4H3. The maximum absolute atomic E-state index is 12.8. The molecular weight excluding hydrogens is 248 g/mol. The first-order valence-corrected chi connectivity index (χ1v) is 7.48. The van der Waals surface area contributed by atoms with Crippen LogP contribution in [0.4, 0.5) is 0 Å². The molecule has 0 aromatic heterocycles. The molecule has 0 fully saturated rings. The molecule has 1 aliphatic carbocycles. The van der Waals surface area contributed by atoms with Gasteiger partial charge in [-0.3, -0.25) is 4.79 Å². The molecule has 0 radical (unpaired) electrons. The van der Waals surface area contributed by atoms with E-state index >= 15 is 0 Å². The number of ether oxygens (including phenoxy) is 1. The predicted molar refractivity (Wildman–Crippen MR) is 82.5 cm³/mol. The Morgan fingerprint density at radius 3 is 2.55 bits per heavy atom. The van der Waals surface area contributed by atoms with Crippen LogP contribution in [0.1, 0.15) is 56.0 Å². The van der Waals surface area contributed by atoms with Gasteiger partial charge in [0.25, 0.3) is 0 Å². The lowest BCUT2D eigenvalue weighted by Gasteiger charge is -2.33. The van der Waals surface area contributed by atoms with Crippen LogP contribution in [-0.2, 0) is 5.41 Å². The Balaban J connectivity index is 2.55. The van der Waals surface area contributed by atoms with E-state index in [0.717, 1.165) is 30.6 Å². The van der Waals surface area contributed by atoms with Gasteiger partial charge in [0.15, 0.2) is 5.78 Å². The second-order valence-corrected chi connectivity index (χ2v) is 5.50. The van der Waals surface area contributed by atoms with Crippen LogP contribution in [0, 0.1) is 5.92 Å². The summed E-state index contributed by atoms with van der Waals surface area (Å²) < 4.78 is 5.27. The lowest BCUT2D eigenvalue weighted by atomic mass is 9.69. The fourth-order valence-corrected chi connectivity index (χ4v) is 3.64. The number of hydrogen-bond donors (Lipinski definition) is 0. The maximum atomic E-state index is 12.8. The Labute approximate surface area is 121 Å². The molecule has 1 aromatic rings. The summed E-state index contributed by atoms with van der Waals surface area (Å²) in [5, 5.41) is 0. The molecule has 1 aliphatic rings. The molecule has 20 heavy (non-hydrogen) atoms. The lowest BCUT2D eigenvalue weighted by molar-refractivity contribution is 0.0876. The van der Waals surface area contributed by atoms with Gasteiger partial charge in [0.2, 0.25) is 0 Å². The van der Waals surface area contributed by atoms with Gasteiger partial charge in [-0.25, -0.2) is 0 Å². The van der Waals surface area contributed by atoms with Gasteiger partial charge in [-0.2, -0.15) is 0 Å². The van der Waals surface area contributed by atoms with Gasteiger partial charge in [-0.05, 0) is 43.9 Å². The van der Waals surface area contributed by atoms with E-state index in [1.165, 1.54) is 5.56 Å². The molecule has 2 rings (SSSR count). The summed E-state index contributed by atoms with van der Waals surface area (Å²) in [5.41, 5.74) is 2.06. The van der Waals surface area contributed by atoms with Crippen molar-refractivity contribution in [1.82, 2.24) is 0 Å². The van der Waals surface area contributed by atoms with Crippen molar-refractivity contribution < 1.29 is 9.53 Å². The summed E-state index contributed by atoms with van der Waals surface area (Å²) in [6, 6.07) is 5.98. The fourth-order valence-electron chi connectivity index (χ4n) is 3.64. The van der Waals surface area contributed by atoms with Gasteiger partial charge in [0, 0.05) is 16.9 Å². The van der Waals surface area contributed by atoms with E-state index in [1.807, 2.05) is 25.1 Å². The molecule has 108 valence electrons. The number of fused-ring (bicyclic) bond motifs is 1. The van der Waals surface area contributed by atoms with Crippen LogP contribution in [-0.4, -0.2) is 12.9 Å². The van der Waals surface area contributed by atoms with Crippen molar-refractivity contribution in [3.05, 3.63) is 41.5 Å². The maximum Gasteiger partial charge on any atom is 0.167 e. The van der Waals surface area contributed by atoms with E-state index in [0.29, 0.717) is 0 Å². The van der Waals surface area contributed by atoms with Crippen molar-refractivity contribution in [2.24, 2.45) is 5.92 Å². The van der Waals surface area contributed by atoms with Gasteiger partial charge < -0.3 is 4.74 Å². The van der Waals surface area contributed by atoms with Gasteiger partial charge in [0.05, 0.1) is 7.11 Å². The Bertz CT molecular complexity index is 524. The van der Waals surface area contributed by atoms with Crippen LogP contribution in [0.3, 0.4) is 0 Å². The number of rotatable bonds is 5. The molecule has 2 heteroatoms. The summed E-state index contributed by atoms with van der Waals surface area (Å²) in [5.74, 6) is 1.11. The zero-order valence-corrected chi connectivity index (χ0v) is 12.9. The topological polar surface area (TPSA) is 26.3 Å². The number of carbonyl (C=O) groups is 1. The normalized spacial score (nSPS) is 20.4. The summed E-state index contributed by atoms with van der Waals surface area (Å²) in [6.45, 7) is 6.40. The van der Waals surface area contributed by atoms with Gasteiger partial charge >= 0.3 is 0 Å². The fraction of sp³-hybridized carbons (Fsp3) is 0.500. The number of allylic oxidation sites excluding steroid dienone is 2. The third-order valence-corrected chi connectivity index (χ3v) is 4.88. The minimum Gasteiger partial charge on any atom is -0.497 e. The van der Waals surface area contributed by atoms with Crippen molar-refractivity contribution in [3.8, 4) is 5.75 Å². The number of methoxy groups -OCH3 is 1. The van der Waals surface area contributed by atoms with E-state index < -0.39 is 0 Å². The zero-order valence-electron chi connectivity index (χ0n) is 12.9. The second kappa shape index (κ2) is 5.82. The molecule has 2 nitrogen and oxygen atoms in total. The summed E-state index contributed by atoms with van der Waals surface area (Å²) in [4.78, 5) is 12.8. The van der Waals surface area contributed by atoms with Crippen molar-refractivity contribution in [1.29, 1.82) is 0 Å². The van der Waals surface area contributed by atoms with Crippen LogP contribution in [0.25, 0.3) is 0 Å². The summed E-state index contributed by atoms with van der Waals surface area (Å²) >= 11 is 0. The van der Waals surface area contributed by atoms with Gasteiger partial charge in [-0.15, -0.1) is 0 Å². The minimum atomic E-state index is -0.0157. The van der Waals surface area contributed by atoms with Crippen LogP contribution in [0.5, 0.6) is 5.75 Å². The first kappa shape index (κ1) is 14.8. The highest BCUT2D eigenvalue weighted by atomic mass is 16.5. The number of Topliss-reactive ketones (excluding diaryl/α,β-unsaturated/α-hetero) is 1. The van der Waals surface area contributed by atoms with Crippen LogP contribution < -0.4 is 4.74 Å². The molecule has 0 bridgehead atoms. The molecule has 0 aliphatic heterocycles. The zero-order chi connectivity index (χ0) is 14.8. The monoisotopic (exact) mass is 272 g/mol. The van der Waals surface area contributed by atoms with Crippen molar-refractivity contribution in [3.63, 3.8) is 0 Å². The Morgan fingerprint density at radius 1 is 1.30 bits per heavy atom. The average molecular weight is 272 g/mol. The largest absolute Gasteiger partial charge is 0.497 e. The first-order chi connectivity index (χ1) is 9.64.